The summed E-state index contributed by atoms with van der Waals surface area (Å²) in [6.07, 6.45) is -10.0. The number of carbonyl (C=O) groups excluding carboxylic acids is 1. The second kappa shape index (κ2) is 12.0. The third-order valence-corrected chi connectivity index (χ3v) is 6.01. The number of hydrogen-bond donors (Lipinski definition) is 2. The number of nitrogens with one attached hydrogen (secondary N) is 1. The number of rotatable bonds is 8. The van der Waals surface area contributed by atoms with Crippen molar-refractivity contribution in [3.63, 3.8) is 0 Å². The summed E-state index contributed by atoms with van der Waals surface area (Å²) in [4.78, 5) is 15.1. The topological polar surface area (TPSA) is 73.1 Å². The highest BCUT2D eigenvalue weighted by Gasteiger charge is 2.37. The lowest BCUT2D eigenvalue weighted by Crippen LogP contribution is -2.80. The SMILES string of the molecule is CC(C)N(C(=O)C(N=N)=C([NH2+]Cc1cc(C(F)(F)F)cc(C(F)(F)F)c1)c1ccccc1)c1ccccc1Cl. The van der Waals surface area contributed by atoms with Crippen LogP contribution in [0, 0.1) is 5.53 Å². The zero-order valence-corrected chi connectivity index (χ0v) is 21.5. The van der Waals surface area contributed by atoms with Gasteiger partial charge >= 0.3 is 12.4 Å². The van der Waals surface area contributed by atoms with Crippen molar-refractivity contribution in [3.05, 3.63) is 106 Å². The van der Waals surface area contributed by atoms with Crippen LogP contribution in [0.25, 0.3) is 5.70 Å². The van der Waals surface area contributed by atoms with Crippen molar-refractivity contribution in [2.45, 2.75) is 38.8 Å². The molecule has 0 bridgehead atoms. The number of nitrogens with zero attached hydrogens (tertiary/aromatic N) is 2. The molecule has 3 aromatic carbocycles. The molecule has 1 amide bonds. The highest BCUT2D eigenvalue weighted by molar-refractivity contribution is 6.34. The van der Waals surface area contributed by atoms with Crippen molar-refractivity contribution in [2.75, 3.05) is 4.90 Å². The van der Waals surface area contributed by atoms with Crippen molar-refractivity contribution >= 4 is 28.9 Å². The molecule has 12 heteroatoms. The molecule has 3 aromatic rings. The summed E-state index contributed by atoms with van der Waals surface area (Å²) >= 11 is 6.32. The van der Waals surface area contributed by atoms with E-state index >= 15 is 0 Å². The molecule has 206 valence electrons. The van der Waals surface area contributed by atoms with Gasteiger partial charge in [0.25, 0.3) is 5.91 Å². The molecule has 5 nitrogen and oxygen atoms in total. The summed E-state index contributed by atoms with van der Waals surface area (Å²) in [5, 5.41) is 5.01. The molecule has 0 aliphatic carbocycles. The van der Waals surface area contributed by atoms with E-state index < -0.39 is 42.0 Å². The molecule has 0 heterocycles. The lowest BCUT2D eigenvalue weighted by atomic mass is 10.0. The summed E-state index contributed by atoms with van der Waals surface area (Å²) in [6.45, 7) is 3.03. The van der Waals surface area contributed by atoms with Crippen molar-refractivity contribution < 1.29 is 36.5 Å². The number of hydrogen-bond acceptors (Lipinski definition) is 3. The number of amides is 1. The average molecular weight is 570 g/mol. The molecule has 3 rings (SSSR count). The molecular formula is C27H24ClF6N4O+. The van der Waals surface area contributed by atoms with Crippen LogP contribution < -0.4 is 10.2 Å². The second-order valence-corrected chi connectivity index (χ2v) is 9.19. The molecule has 0 unspecified atom stereocenters. The van der Waals surface area contributed by atoms with Crippen molar-refractivity contribution in [1.29, 1.82) is 5.53 Å². The van der Waals surface area contributed by atoms with Crippen LogP contribution in [0.5, 0.6) is 0 Å². The number of para-hydroxylation sites is 1. The van der Waals surface area contributed by atoms with E-state index in [0.717, 1.165) is 0 Å². The first-order chi connectivity index (χ1) is 18.2. The molecule has 0 aliphatic heterocycles. The van der Waals surface area contributed by atoms with Crippen LogP contribution in [0.3, 0.4) is 0 Å². The summed E-state index contributed by atoms with van der Waals surface area (Å²) < 4.78 is 80.2. The highest BCUT2D eigenvalue weighted by atomic mass is 35.5. The Morgan fingerprint density at radius 3 is 1.95 bits per heavy atom. The molecule has 0 spiro atoms. The molecule has 0 aromatic heterocycles. The van der Waals surface area contributed by atoms with Crippen LogP contribution in [0.15, 0.2) is 83.6 Å². The Kier molecular flexibility index (Phi) is 9.18. The Bertz CT molecular complexity index is 1340. The molecule has 0 radical (unpaired) electrons. The van der Waals surface area contributed by atoms with Gasteiger partial charge < -0.3 is 10.2 Å². The van der Waals surface area contributed by atoms with Crippen molar-refractivity contribution in [2.24, 2.45) is 5.11 Å². The number of halogens is 7. The van der Waals surface area contributed by atoms with Crippen LogP contribution >= 0.6 is 11.6 Å². The van der Waals surface area contributed by atoms with Gasteiger partial charge in [-0.1, -0.05) is 41.9 Å². The molecule has 0 saturated carbocycles. The first-order valence-corrected chi connectivity index (χ1v) is 12.0. The first kappa shape index (κ1) is 29.9. The molecule has 0 aliphatic rings. The first-order valence-electron chi connectivity index (χ1n) is 11.6. The normalized spacial score (nSPS) is 12.8. The largest absolute Gasteiger partial charge is 0.416 e. The number of carbonyl (C=O) groups is 1. The predicted octanol–water partition coefficient (Wildman–Crippen LogP) is 7.28. The van der Waals surface area contributed by atoms with Crippen molar-refractivity contribution in [1.82, 2.24) is 0 Å². The van der Waals surface area contributed by atoms with Gasteiger partial charge in [-0.2, -0.15) is 26.3 Å². The zero-order valence-electron chi connectivity index (χ0n) is 20.7. The molecule has 39 heavy (non-hydrogen) atoms. The van der Waals surface area contributed by atoms with E-state index in [1.807, 2.05) is 0 Å². The number of benzene rings is 3. The smallest absolute Gasteiger partial charge is 0.307 e. The lowest BCUT2D eigenvalue weighted by Gasteiger charge is -2.27. The monoisotopic (exact) mass is 569 g/mol. The van der Waals surface area contributed by atoms with Crippen LogP contribution in [0.1, 0.15) is 36.1 Å². The Morgan fingerprint density at radius 2 is 1.46 bits per heavy atom. The standard InChI is InChI=1S/C27H23ClF6N4O/c1-16(2)38(22-11-7-6-10-21(22)28)25(39)24(37-35)23(18-8-4-3-5-9-18)36-15-17-12-19(26(29,30)31)14-20(13-17)27(32,33)34/h3-14,16,35-36H,15H2,1-2H3/p+1. The van der Waals surface area contributed by atoms with E-state index in [1.54, 1.807) is 68.4 Å². The van der Waals surface area contributed by atoms with Gasteiger partial charge in [-0.25, -0.2) is 5.53 Å². The van der Waals surface area contributed by atoms with Crippen LogP contribution in [0.4, 0.5) is 32.0 Å². The number of quaternary nitrogens is 1. The predicted molar refractivity (Wildman–Crippen MR) is 135 cm³/mol. The summed E-state index contributed by atoms with van der Waals surface area (Å²) in [5.41, 5.74) is 5.07. The van der Waals surface area contributed by atoms with Crippen LogP contribution in [0.2, 0.25) is 5.02 Å². The van der Waals surface area contributed by atoms with Crippen LogP contribution in [-0.2, 0) is 23.7 Å². The van der Waals surface area contributed by atoms with E-state index in [4.69, 9.17) is 17.1 Å². The quantitative estimate of drug-likeness (QED) is 0.167. The summed E-state index contributed by atoms with van der Waals surface area (Å²) in [7, 11) is 0. The van der Waals surface area contributed by atoms with E-state index in [2.05, 4.69) is 5.11 Å². The van der Waals surface area contributed by atoms with Gasteiger partial charge in [-0.05, 0) is 56.3 Å². The van der Waals surface area contributed by atoms with Gasteiger partial charge in [0.05, 0.1) is 21.8 Å². The third-order valence-electron chi connectivity index (χ3n) is 5.69. The van der Waals surface area contributed by atoms with Gasteiger partial charge in [0.15, 0.2) is 5.70 Å². The number of nitrogens with two attached hydrogens (primary N) is 1. The van der Waals surface area contributed by atoms with Gasteiger partial charge in [-0.15, -0.1) is 5.11 Å². The number of anilines is 1. The maximum absolute atomic E-state index is 13.7. The zero-order chi connectivity index (χ0) is 29.0. The summed E-state index contributed by atoms with van der Waals surface area (Å²) in [6, 6.07) is 15.5. The fourth-order valence-electron chi connectivity index (χ4n) is 3.93. The number of alkyl halides is 6. The molecule has 0 atom stereocenters. The summed E-state index contributed by atoms with van der Waals surface area (Å²) in [5.74, 6) is -0.719. The maximum atomic E-state index is 13.7. The fraction of sp³-hybridized carbons (Fsp3) is 0.222. The molecular weight excluding hydrogens is 546 g/mol. The van der Waals surface area contributed by atoms with Crippen molar-refractivity contribution in [3.8, 4) is 0 Å². The second-order valence-electron chi connectivity index (χ2n) is 8.78. The van der Waals surface area contributed by atoms with Crippen LogP contribution in [-0.4, -0.2) is 11.9 Å². The van der Waals surface area contributed by atoms with E-state index in [-0.39, 0.29) is 28.0 Å². The van der Waals surface area contributed by atoms with Gasteiger partial charge in [0.2, 0.25) is 5.70 Å². The van der Waals surface area contributed by atoms with Gasteiger partial charge in [0.1, 0.15) is 6.54 Å². The lowest BCUT2D eigenvalue weighted by molar-refractivity contribution is -0.580. The molecule has 3 N–H and O–H groups in total. The highest BCUT2D eigenvalue weighted by Crippen LogP contribution is 2.36. The van der Waals surface area contributed by atoms with Gasteiger partial charge in [-0.3, -0.25) is 4.79 Å². The third kappa shape index (κ3) is 7.24. The van der Waals surface area contributed by atoms with Gasteiger partial charge in [0, 0.05) is 17.2 Å². The van der Waals surface area contributed by atoms with E-state index in [1.165, 1.54) is 10.2 Å². The average Bonchev–Trinajstić information content (AvgIpc) is 2.87. The minimum absolute atomic E-state index is 0.0512. The maximum Gasteiger partial charge on any atom is 0.416 e. The minimum atomic E-state index is -5.00. The van der Waals surface area contributed by atoms with E-state index in [0.29, 0.717) is 23.4 Å². The Morgan fingerprint density at radius 1 is 0.923 bits per heavy atom. The van der Waals surface area contributed by atoms with E-state index in [9.17, 15) is 31.1 Å². The Labute approximate surface area is 225 Å². The fourth-order valence-corrected chi connectivity index (χ4v) is 4.16. The molecule has 0 fully saturated rings. The Balaban J connectivity index is 2.13. The minimum Gasteiger partial charge on any atom is -0.307 e. The molecule has 0 saturated heterocycles. The Hall–Kier alpha value is -3.70.